The van der Waals surface area contributed by atoms with Crippen LogP contribution in [-0.4, -0.2) is 67.7 Å². The Kier molecular flexibility index (Phi) is 14.8. The zero-order valence-corrected chi connectivity index (χ0v) is 35.2. The monoisotopic (exact) mass is 852 g/mol. The van der Waals surface area contributed by atoms with Crippen molar-refractivity contribution in [2.45, 2.75) is 92.1 Å². The molecule has 9 rings (SSSR count). The number of hydrogen-bond acceptors (Lipinski definition) is 10. The van der Waals surface area contributed by atoms with Crippen molar-refractivity contribution in [2.75, 3.05) is 13.2 Å². The molecule has 62 heavy (non-hydrogen) atoms. The van der Waals surface area contributed by atoms with E-state index in [-0.39, 0.29) is 13.2 Å². The van der Waals surface area contributed by atoms with E-state index in [1.54, 1.807) is 11.8 Å². The van der Waals surface area contributed by atoms with Gasteiger partial charge in [-0.25, -0.2) is 0 Å². The van der Waals surface area contributed by atoms with Crippen LogP contribution >= 0.6 is 11.8 Å². The van der Waals surface area contributed by atoms with Crippen LogP contribution in [0.1, 0.15) is 34.1 Å². The molecular formula is C52H52O9S. The molecular weight excluding hydrogens is 801 g/mol. The zero-order valence-electron chi connectivity index (χ0n) is 34.4. The molecule has 10 atom stereocenters. The molecule has 1 unspecified atom stereocenters. The summed E-state index contributed by atoms with van der Waals surface area (Å²) in [6.07, 6.45) is -5.70. The minimum absolute atomic E-state index is 0.215. The second-order valence-electron chi connectivity index (χ2n) is 15.6. The summed E-state index contributed by atoms with van der Waals surface area (Å²) in [6, 6.07) is 60.7. The lowest BCUT2D eigenvalue weighted by molar-refractivity contribution is -0.384. The molecule has 0 N–H and O–H groups in total. The number of benzene rings is 6. The highest BCUT2D eigenvalue weighted by Gasteiger charge is 2.54. The average Bonchev–Trinajstić information content (AvgIpc) is 3.34. The Hall–Kier alpha value is -4.69. The van der Waals surface area contributed by atoms with E-state index in [1.807, 2.05) is 133 Å². The molecule has 0 saturated carbocycles. The SMILES string of the molecule is c1ccc(CO[C@@H]2[C@H](OCc3ccccc3)[C@H](O[C@@H]3CO[C@@H](Sc4ccccc4)[C@H](OCc4ccccc4)[C@H]3OCc3ccccc3)O[C@@H]3COC(c4ccccc4)O[C@@H]23)cc1. The van der Waals surface area contributed by atoms with Crippen molar-refractivity contribution in [3.05, 3.63) is 210 Å². The zero-order chi connectivity index (χ0) is 41.8. The normalized spacial score (nSPS) is 27.3. The third-order valence-corrected chi connectivity index (χ3v) is 12.4. The molecule has 3 aliphatic rings. The van der Waals surface area contributed by atoms with E-state index in [0.717, 1.165) is 32.7 Å². The highest BCUT2D eigenvalue weighted by atomic mass is 32.2. The molecule has 9 nitrogen and oxygen atoms in total. The highest BCUT2D eigenvalue weighted by molar-refractivity contribution is 7.99. The predicted molar refractivity (Wildman–Crippen MR) is 236 cm³/mol. The van der Waals surface area contributed by atoms with Gasteiger partial charge in [-0.1, -0.05) is 182 Å². The van der Waals surface area contributed by atoms with Gasteiger partial charge in [0.1, 0.15) is 48.2 Å². The summed E-state index contributed by atoms with van der Waals surface area (Å²) in [5, 5.41) is 0. The summed E-state index contributed by atoms with van der Waals surface area (Å²) >= 11 is 1.61. The number of rotatable bonds is 17. The second kappa shape index (κ2) is 21.6. The highest BCUT2D eigenvalue weighted by Crippen LogP contribution is 2.40. The van der Waals surface area contributed by atoms with Crippen molar-refractivity contribution in [2.24, 2.45) is 0 Å². The Balaban J connectivity index is 1.04. The standard InChI is InChI=1S/C52H52O9S/c1-7-19-37(20-8-1)31-53-45-43(36-58-52(62-42-29-17-6-18-30-42)49(45)56-34-40-25-13-4-14-26-40)59-51-48(55-33-39-23-11-3-12-24-39)47(54-32-38-21-9-2-10-22-38)46-44(60-51)35-57-50(61-46)41-27-15-5-16-28-41/h1-30,43-52H,31-36H2/t43-,44-,45+,46-,47+,48+,49-,50?,51-,52+/m1/s1. The van der Waals surface area contributed by atoms with Gasteiger partial charge in [-0.15, -0.1) is 0 Å². The number of hydrogen-bond donors (Lipinski definition) is 0. The lowest BCUT2D eigenvalue weighted by Crippen LogP contribution is -2.65. The molecule has 3 fully saturated rings. The fourth-order valence-corrected chi connectivity index (χ4v) is 9.11. The van der Waals surface area contributed by atoms with Crippen LogP contribution in [0.25, 0.3) is 0 Å². The fraction of sp³-hybridized carbons (Fsp3) is 0.308. The van der Waals surface area contributed by atoms with Crippen LogP contribution in [-0.2, 0) is 69.1 Å². The van der Waals surface area contributed by atoms with Gasteiger partial charge < -0.3 is 42.6 Å². The van der Waals surface area contributed by atoms with Crippen LogP contribution in [0.4, 0.5) is 0 Å². The molecule has 0 bridgehead atoms. The maximum absolute atomic E-state index is 7.18. The number of thioether (sulfide) groups is 1. The van der Waals surface area contributed by atoms with Crippen LogP contribution in [0, 0.1) is 0 Å². The van der Waals surface area contributed by atoms with E-state index in [2.05, 4.69) is 48.5 Å². The van der Waals surface area contributed by atoms with E-state index in [4.69, 9.17) is 42.6 Å². The third kappa shape index (κ3) is 11.1. The molecule has 3 heterocycles. The van der Waals surface area contributed by atoms with Crippen molar-refractivity contribution in [3.63, 3.8) is 0 Å². The Bertz CT molecular complexity index is 2190. The molecule has 10 heteroatoms. The van der Waals surface area contributed by atoms with E-state index in [9.17, 15) is 0 Å². The van der Waals surface area contributed by atoms with Crippen molar-refractivity contribution in [1.82, 2.24) is 0 Å². The molecule has 320 valence electrons. The average molecular weight is 853 g/mol. The quantitative estimate of drug-likeness (QED) is 0.0885. The van der Waals surface area contributed by atoms with E-state index < -0.39 is 60.7 Å². The lowest BCUT2D eigenvalue weighted by atomic mass is 9.96. The molecule has 3 saturated heterocycles. The van der Waals surface area contributed by atoms with Crippen LogP contribution in [0.3, 0.4) is 0 Å². The van der Waals surface area contributed by atoms with Crippen LogP contribution < -0.4 is 0 Å². The molecule has 3 aliphatic heterocycles. The Morgan fingerprint density at radius 3 is 1.42 bits per heavy atom. The topological polar surface area (TPSA) is 83.1 Å². The minimum atomic E-state index is -0.925. The summed E-state index contributed by atoms with van der Waals surface area (Å²) in [5.74, 6) is 0. The Labute approximate surface area is 368 Å². The molecule has 6 aromatic carbocycles. The van der Waals surface area contributed by atoms with E-state index in [1.165, 1.54) is 0 Å². The molecule has 6 aromatic rings. The van der Waals surface area contributed by atoms with E-state index >= 15 is 0 Å². The Morgan fingerprint density at radius 2 is 0.887 bits per heavy atom. The van der Waals surface area contributed by atoms with Gasteiger partial charge in [0.25, 0.3) is 0 Å². The van der Waals surface area contributed by atoms with Gasteiger partial charge in [-0.05, 0) is 34.4 Å². The lowest BCUT2D eigenvalue weighted by Gasteiger charge is -2.50. The summed E-state index contributed by atoms with van der Waals surface area (Å²) < 4.78 is 61.6. The number of ether oxygens (including phenoxy) is 9. The minimum Gasteiger partial charge on any atom is -0.368 e. The van der Waals surface area contributed by atoms with Crippen LogP contribution in [0.2, 0.25) is 0 Å². The molecule has 0 amide bonds. The molecule has 0 aromatic heterocycles. The van der Waals surface area contributed by atoms with E-state index in [0.29, 0.717) is 26.4 Å². The maximum atomic E-state index is 7.18. The first-order valence-corrected chi connectivity index (χ1v) is 22.2. The number of fused-ring (bicyclic) bond motifs is 1. The van der Waals surface area contributed by atoms with Gasteiger partial charge in [0, 0.05) is 10.5 Å². The largest absolute Gasteiger partial charge is 0.368 e. The van der Waals surface area contributed by atoms with Gasteiger partial charge in [-0.2, -0.15) is 0 Å². The fourth-order valence-electron chi connectivity index (χ4n) is 8.01. The van der Waals surface area contributed by atoms with Crippen molar-refractivity contribution in [3.8, 4) is 0 Å². The first kappa shape index (κ1) is 42.6. The van der Waals surface area contributed by atoms with Crippen LogP contribution in [0.5, 0.6) is 0 Å². The third-order valence-electron chi connectivity index (χ3n) is 11.2. The summed E-state index contributed by atoms with van der Waals surface area (Å²) in [7, 11) is 0. The molecule has 0 radical (unpaired) electrons. The first-order valence-electron chi connectivity index (χ1n) is 21.3. The summed E-state index contributed by atoms with van der Waals surface area (Å²) in [4.78, 5) is 1.06. The van der Waals surface area contributed by atoms with Gasteiger partial charge in [0.2, 0.25) is 0 Å². The predicted octanol–water partition coefficient (Wildman–Crippen LogP) is 9.70. The van der Waals surface area contributed by atoms with Gasteiger partial charge in [0.15, 0.2) is 12.6 Å². The first-order chi connectivity index (χ1) is 30.7. The molecule has 0 aliphatic carbocycles. The van der Waals surface area contributed by atoms with Crippen molar-refractivity contribution >= 4 is 11.8 Å². The summed E-state index contributed by atoms with van der Waals surface area (Å²) in [6.45, 7) is 1.80. The van der Waals surface area contributed by atoms with Crippen molar-refractivity contribution < 1.29 is 42.6 Å². The maximum Gasteiger partial charge on any atom is 0.187 e. The molecule has 0 spiro atoms. The summed E-state index contributed by atoms with van der Waals surface area (Å²) in [5.41, 5.74) is 4.62. The van der Waals surface area contributed by atoms with Gasteiger partial charge in [0.05, 0.1) is 39.6 Å². The Morgan fingerprint density at radius 1 is 0.435 bits per heavy atom. The van der Waals surface area contributed by atoms with Crippen LogP contribution in [0.15, 0.2) is 187 Å². The van der Waals surface area contributed by atoms with Gasteiger partial charge >= 0.3 is 0 Å². The smallest absolute Gasteiger partial charge is 0.187 e. The van der Waals surface area contributed by atoms with Crippen molar-refractivity contribution in [1.29, 1.82) is 0 Å². The second-order valence-corrected chi connectivity index (χ2v) is 16.7. The van der Waals surface area contributed by atoms with Gasteiger partial charge in [-0.3, -0.25) is 0 Å².